The number of amides is 1. The first-order valence-electron chi connectivity index (χ1n) is 8.59. The molecule has 9 heteroatoms. The zero-order valence-electron chi connectivity index (χ0n) is 15.3. The summed E-state index contributed by atoms with van der Waals surface area (Å²) >= 11 is 1.94. The van der Waals surface area contributed by atoms with Gasteiger partial charge in [-0.2, -0.15) is 0 Å². The number of rotatable bonds is 7. The highest BCUT2D eigenvalue weighted by Crippen LogP contribution is 2.32. The number of anilines is 1. The molecule has 1 amide bonds. The average Bonchev–Trinajstić information content (AvgIpc) is 3.12. The highest BCUT2D eigenvalue weighted by molar-refractivity contribution is 8.00. The number of ether oxygens (including phenoxy) is 1. The van der Waals surface area contributed by atoms with Crippen LogP contribution < -0.4 is 5.32 Å². The van der Waals surface area contributed by atoms with E-state index in [9.17, 15) is 18.4 Å². The van der Waals surface area contributed by atoms with Gasteiger partial charge >= 0.3 is 5.97 Å². The van der Waals surface area contributed by atoms with Crippen molar-refractivity contribution in [3.8, 4) is 11.3 Å². The molecule has 150 valence electrons. The van der Waals surface area contributed by atoms with E-state index in [0.717, 1.165) is 40.8 Å². The van der Waals surface area contributed by atoms with Crippen molar-refractivity contribution in [1.82, 2.24) is 4.98 Å². The Hall–Kier alpha value is -2.78. The fourth-order valence-electron chi connectivity index (χ4n) is 2.39. The molecule has 0 atom stereocenters. The number of carbonyl (C=O) groups excluding carboxylic acids is 2. The number of thiazole rings is 1. The second kappa shape index (κ2) is 9.62. The number of hydrogen-bond acceptors (Lipinski definition) is 6. The van der Waals surface area contributed by atoms with Crippen molar-refractivity contribution in [3.63, 3.8) is 0 Å². The number of benzene rings is 2. The molecule has 2 aromatic carbocycles. The summed E-state index contributed by atoms with van der Waals surface area (Å²) < 4.78 is 31.7. The van der Waals surface area contributed by atoms with Gasteiger partial charge in [0.2, 0.25) is 5.91 Å². The van der Waals surface area contributed by atoms with Gasteiger partial charge in [-0.05, 0) is 19.1 Å². The van der Waals surface area contributed by atoms with E-state index in [-0.39, 0.29) is 27.3 Å². The monoisotopic (exact) mass is 434 g/mol. The maximum Gasteiger partial charge on any atom is 0.350 e. The van der Waals surface area contributed by atoms with E-state index in [2.05, 4.69) is 10.3 Å². The maximum atomic E-state index is 13.7. The lowest BCUT2D eigenvalue weighted by molar-refractivity contribution is -0.113. The number of nitrogens with one attached hydrogen (secondary N) is 1. The predicted molar refractivity (Wildman–Crippen MR) is 109 cm³/mol. The summed E-state index contributed by atoms with van der Waals surface area (Å²) in [6.07, 6.45) is 0. The Bertz CT molecular complexity index is 1030. The lowest BCUT2D eigenvalue weighted by atomic mass is 10.1. The van der Waals surface area contributed by atoms with Crippen LogP contribution in [0.5, 0.6) is 0 Å². The second-order valence-corrected chi connectivity index (χ2v) is 7.71. The number of esters is 1. The van der Waals surface area contributed by atoms with E-state index < -0.39 is 23.5 Å². The molecule has 1 aromatic heterocycles. The average molecular weight is 434 g/mol. The number of nitrogens with zero attached hydrogens (tertiary/aromatic N) is 1. The van der Waals surface area contributed by atoms with E-state index >= 15 is 0 Å². The van der Waals surface area contributed by atoms with Crippen molar-refractivity contribution in [2.24, 2.45) is 0 Å². The van der Waals surface area contributed by atoms with E-state index in [1.807, 2.05) is 18.2 Å². The molecule has 29 heavy (non-hydrogen) atoms. The molecule has 0 aliphatic rings. The quantitative estimate of drug-likeness (QED) is 0.419. The van der Waals surface area contributed by atoms with Crippen LogP contribution >= 0.6 is 23.1 Å². The van der Waals surface area contributed by atoms with Gasteiger partial charge in [0, 0.05) is 16.5 Å². The molecule has 0 saturated carbocycles. The van der Waals surface area contributed by atoms with Crippen LogP contribution in [0.1, 0.15) is 16.6 Å². The highest BCUT2D eigenvalue weighted by Gasteiger charge is 2.21. The topological polar surface area (TPSA) is 68.3 Å². The summed E-state index contributed by atoms with van der Waals surface area (Å²) in [6, 6.07) is 12.2. The van der Waals surface area contributed by atoms with Gasteiger partial charge in [0.15, 0.2) is 5.13 Å². The molecular weight excluding hydrogens is 418 g/mol. The minimum atomic E-state index is -0.729. The minimum Gasteiger partial charge on any atom is -0.462 e. The van der Waals surface area contributed by atoms with Crippen molar-refractivity contribution in [3.05, 3.63) is 65.0 Å². The zero-order valence-corrected chi connectivity index (χ0v) is 16.9. The van der Waals surface area contributed by atoms with Crippen LogP contribution in [0.4, 0.5) is 13.9 Å². The summed E-state index contributed by atoms with van der Waals surface area (Å²) in [7, 11) is 0. The van der Waals surface area contributed by atoms with E-state index in [1.54, 1.807) is 19.1 Å². The first-order chi connectivity index (χ1) is 14.0. The number of aromatic nitrogens is 1. The lowest BCUT2D eigenvalue weighted by Crippen LogP contribution is -2.13. The number of carbonyl (C=O) groups is 2. The maximum absolute atomic E-state index is 13.7. The third-order valence-electron chi connectivity index (χ3n) is 3.63. The van der Waals surface area contributed by atoms with E-state index in [4.69, 9.17) is 4.74 Å². The Labute approximate surface area is 174 Å². The summed E-state index contributed by atoms with van der Waals surface area (Å²) in [5.74, 6) is -2.46. The molecule has 0 saturated heterocycles. The molecule has 0 aliphatic carbocycles. The van der Waals surface area contributed by atoms with Gasteiger partial charge in [0.25, 0.3) is 0 Å². The Morgan fingerprint density at radius 2 is 1.93 bits per heavy atom. The second-order valence-electron chi connectivity index (χ2n) is 5.69. The van der Waals surface area contributed by atoms with Gasteiger partial charge in [-0.1, -0.05) is 41.7 Å². The molecule has 0 aliphatic heterocycles. The van der Waals surface area contributed by atoms with Gasteiger partial charge in [0.05, 0.1) is 18.1 Å². The van der Waals surface area contributed by atoms with E-state index in [1.165, 1.54) is 6.07 Å². The van der Waals surface area contributed by atoms with Crippen LogP contribution in [0.15, 0.2) is 53.4 Å². The van der Waals surface area contributed by atoms with Crippen LogP contribution in [0.3, 0.4) is 0 Å². The normalized spacial score (nSPS) is 10.6. The molecule has 1 heterocycles. The first-order valence-corrected chi connectivity index (χ1v) is 10.4. The molecule has 0 unspecified atom stereocenters. The number of thioether (sulfide) groups is 1. The Morgan fingerprint density at radius 3 is 2.62 bits per heavy atom. The van der Waals surface area contributed by atoms with Gasteiger partial charge in [-0.25, -0.2) is 18.6 Å². The van der Waals surface area contributed by atoms with Crippen molar-refractivity contribution in [1.29, 1.82) is 0 Å². The smallest absolute Gasteiger partial charge is 0.350 e. The molecule has 0 spiro atoms. The number of hydrogen-bond donors (Lipinski definition) is 1. The third-order valence-corrected chi connectivity index (χ3v) is 5.63. The van der Waals surface area contributed by atoms with Gasteiger partial charge in [-0.15, -0.1) is 11.8 Å². The summed E-state index contributed by atoms with van der Waals surface area (Å²) in [6.45, 7) is 1.92. The SMILES string of the molecule is CCOC(=O)c1sc(NC(=O)CSc2ccc(F)cc2F)nc1-c1ccccc1. The number of halogens is 2. The van der Waals surface area contributed by atoms with Crippen molar-refractivity contribution in [2.75, 3.05) is 17.7 Å². The van der Waals surface area contributed by atoms with Gasteiger partial charge in [0.1, 0.15) is 16.5 Å². The van der Waals surface area contributed by atoms with E-state index in [0.29, 0.717) is 5.69 Å². The largest absolute Gasteiger partial charge is 0.462 e. The molecule has 0 bridgehead atoms. The van der Waals surface area contributed by atoms with Crippen LogP contribution in [-0.2, 0) is 9.53 Å². The van der Waals surface area contributed by atoms with Gasteiger partial charge in [-0.3, -0.25) is 4.79 Å². The highest BCUT2D eigenvalue weighted by atomic mass is 32.2. The Morgan fingerprint density at radius 1 is 1.17 bits per heavy atom. The molecule has 5 nitrogen and oxygen atoms in total. The fraction of sp³-hybridized carbons (Fsp3) is 0.150. The van der Waals surface area contributed by atoms with Crippen LogP contribution in [0, 0.1) is 11.6 Å². The van der Waals surface area contributed by atoms with Crippen molar-refractivity contribution >= 4 is 40.1 Å². The Balaban J connectivity index is 1.74. The van der Waals surface area contributed by atoms with Gasteiger partial charge < -0.3 is 10.1 Å². The van der Waals surface area contributed by atoms with Crippen LogP contribution in [0.2, 0.25) is 0 Å². The summed E-state index contributed by atoms with van der Waals surface area (Å²) in [4.78, 5) is 29.3. The third kappa shape index (κ3) is 5.39. The summed E-state index contributed by atoms with van der Waals surface area (Å²) in [5, 5.41) is 2.85. The molecule has 0 radical (unpaired) electrons. The Kier molecular flexibility index (Phi) is 6.95. The molecule has 0 fully saturated rings. The molecule has 1 N–H and O–H groups in total. The predicted octanol–water partition coefficient (Wildman–Crippen LogP) is 5.00. The minimum absolute atomic E-state index is 0.0997. The first kappa shape index (κ1) is 20.9. The van der Waals surface area contributed by atoms with Crippen molar-refractivity contribution in [2.45, 2.75) is 11.8 Å². The summed E-state index contributed by atoms with van der Waals surface area (Å²) in [5.41, 5.74) is 1.14. The van der Waals surface area contributed by atoms with Crippen molar-refractivity contribution < 1.29 is 23.1 Å². The molecular formula is C20H16F2N2O3S2. The molecule has 3 aromatic rings. The fourth-order valence-corrected chi connectivity index (χ4v) is 4.01. The molecule has 3 rings (SSSR count). The van der Waals surface area contributed by atoms with Crippen LogP contribution in [0.25, 0.3) is 11.3 Å². The zero-order chi connectivity index (χ0) is 20.8. The standard InChI is InChI=1S/C20H16F2N2O3S2/c1-2-27-19(26)18-17(12-6-4-3-5-7-12)24-20(29-18)23-16(25)11-28-15-9-8-13(21)10-14(15)22/h3-10H,2,11H2,1H3,(H,23,24,25). The van der Waals surface area contributed by atoms with Crippen LogP contribution in [-0.4, -0.2) is 29.2 Å². The lowest BCUT2D eigenvalue weighted by Gasteiger charge is -2.03.